The van der Waals surface area contributed by atoms with Crippen LogP contribution in [0.25, 0.3) is 0 Å². The van der Waals surface area contributed by atoms with Gasteiger partial charge in [-0.15, -0.1) is 0 Å². The van der Waals surface area contributed by atoms with E-state index >= 15 is 0 Å². The van der Waals surface area contributed by atoms with E-state index in [1.165, 1.54) is 0 Å². The van der Waals surface area contributed by atoms with Crippen molar-refractivity contribution < 1.29 is 19.1 Å². The summed E-state index contributed by atoms with van der Waals surface area (Å²) >= 11 is 0. The first kappa shape index (κ1) is 17.7. The molecule has 0 aliphatic carbocycles. The van der Waals surface area contributed by atoms with Gasteiger partial charge in [-0.2, -0.15) is 0 Å². The summed E-state index contributed by atoms with van der Waals surface area (Å²) in [5.74, 6) is 0.104. The Balaban J connectivity index is 1.81. The van der Waals surface area contributed by atoms with Gasteiger partial charge in [0.25, 0.3) is 0 Å². The summed E-state index contributed by atoms with van der Waals surface area (Å²) in [4.78, 5) is 24.0. The molecule has 126 valence electrons. The topological polar surface area (TPSA) is 52.6 Å². The van der Waals surface area contributed by atoms with Crippen LogP contribution >= 0.6 is 0 Å². The second-order valence-corrected chi connectivity index (χ2v) is 5.73. The lowest BCUT2D eigenvalue weighted by Gasteiger charge is -2.13. The van der Waals surface area contributed by atoms with Crippen LogP contribution in [-0.2, 0) is 9.53 Å². The van der Waals surface area contributed by atoms with Gasteiger partial charge in [-0.1, -0.05) is 42.5 Å². The Morgan fingerprint density at radius 3 is 2.46 bits per heavy atom. The molecule has 0 radical (unpaired) electrons. The number of carbonyl (C=O) groups excluding carboxylic acids is 2. The maximum absolute atomic E-state index is 12.1. The lowest BCUT2D eigenvalue weighted by Crippen LogP contribution is -2.25. The van der Waals surface area contributed by atoms with E-state index in [9.17, 15) is 9.59 Å². The summed E-state index contributed by atoms with van der Waals surface area (Å²) < 4.78 is 10.8. The Labute approximate surface area is 142 Å². The highest BCUT2D eigenvalue weighted by molar-refractivity contribution is 6.00. The molecule has 2 rings (SSSR count). The van der Waals surface area contributed by atoms with Crippen molar-refractivity contribution >= 4 is 11.8 Å². The third-order valence-electron chi connectivity index (χ3n) is 3.64. The maximum atomic E-state index is 12.1. The molecule has 4 heteroatoms. The fourth-order valence-corrected chi connectivity index (χ4v) is 2.25. The van der Waals surface area contributed by atoms with Crippen molar-refractivity contribution in [2.45, 2.75) is 33.3 Å². The summed E-state index contributed by atoms with van der Waals surface area (Å²) in [7, 11) is 0. The van der Waals surface area contributed by atoms with Gasteiger partial charge >= 0.3 is 5.97 Å². The minimum Gasteiger partial charge on any atom is -0.493 e. The van der Waals surface area contributed by atoms with E-state index in [1.54, 1.807) is 31.2 Å². The average Bonchev–Trinajstić information content (AvgIpc) is 2.58. The standard InChI is InChI=1S/C20H22O4/c1-14-9-10-15(2)18(13-14)23-12-11-19(21)24-16(3)20(22)17-7-5-4-6-8-17/h4-10,13,16H,11-12H2,1-3H3. The molecule has 1 atom stereocenters. The normalized spacial score (nSPS) is 11.6. The van der Waals surface area contributed by atoms with Crippen molar-refractivity contribution in [2.75, 3.05) is 6.61 Å². The summed E-state index contributed by atoms with van der Waals surface area (Å²) in [6, 6.07) is 14.7. The number of ketones is 1. The number of benzene rings is 2. The van der Waals surface area contributed by atoms with E-state index < -0.39 is 12.1 Å². The van der Waals surface area contributed by atoms with Crippen molar-refractivity contribution in [3.8, 4) is 5.75 Å². The molecule has 0 saturated heterocycles. The van der Waals surface area contributed by atoms with Crippen LogP contribution in [0.15, 0.2) is 48.5 Å². The van der Waals surface area contributed by atoms with Gasteiger partial charge in [-0.25, -0.2) is 0 Å². The van der Waals surface area contributed by atoms with Gasteiger partial charge in [0.15, 0.2) is 6.10 Å². The van der Waals surface area contributed by atoms with Gasteiger partial charge in [0.05, 0.1) is 13.0 Å². The minimum absolute atomic E-state index is 0.0970. The molecule has 0 bridgehead atoms. The fourth-order valence-electron chi connectivity index (χ4n) is 2.25. The van der Waals surface area contributed by atoms with Crippen LogP contribution in [0.5, 0.6) is 5.75 Å². The molecule has 0 aliphatic rings. The monoisotopic (exact) mass is 326 g/mol. The smallest absolute Gasteiger partial charge is 0.309 e. The highest BCUT2D eigenvalue weighted by atomic mass is 16.5. The number of Topliss-reactive ketones (excluding diaryl/α,β-unsaturated/α-hetero) is 1. The van der Waals surface area contributed by atoms with Crippen LogP contribution in [0, 0.1) is 13.8 Å². The van der Waals surface area contributed by atoms with E-state index in [2.05, 4.69) is 0 Å². The third kappa shape index (κ3) is 4.95. The van der Waals surface area contributed by atoms with E-state index in [1.807, 2.05) is 38.1 Å². The maximum Gasteiger partial charge on any atom is 0.309 e. The Morgan fingerprint density at radius 2 is 1.75 bits per heavy atom. The Bertz CT molecular complexity index is 707. The molecule has 24 heavy (non-hydrogen) atoms. The number of aryl methyl sites for hydroxylation is 2. The lowest BCUT2D eigenvalue weighted by atomic mass is 10.1. The van der Waals surface area contributed by atoms with Crippen molar-refractivity contribution in [1.82, 2.24) is 0 Å². The number of carbonyl (C=O) groups is 2. The summed E-state index contributed by atoms with van der Waals surface area (Å²) in [6.45, 7) is 5.74. The van der Waals surface area contributed by atoms with Gasteiger partial charge < -0.3 is 9.47 Å². The van der Waals surface area contributed by atoms with Crippen molar-refractivity contribution in [2.24, 2.45) is 0 Å². The number of ether oxygens (including phenoxy) is 2. The number of hydrogen-bond acceptors (Lipinski definition) is 4. The highest BCUT2D eigenvalue weighted by Gasteiger charge is 2.19. The van der Waals surface area contributed by atoms with Crippen LogP contribution in [0.1, 0.15) is 34.8 Å². The predicted molar refractivity (Wildman–Crippen MR) is 92.4 cm³/mol. The van der Waals surface area contributed by atoms with Crippen LogP contribution in [0.3, 0.4) is 0 Å². The summed E-state index contributed by atoms with van der Waals surface area (Å²) in [5, 5.41) is 0. The van der Waals surface area contributed by atoms with Crippen molar-refractivity contribution in [3.05, 3.63) is 65.2 Å². The SMILES string of the molecule is Cc1ccc(C)c(OCCC(=O)OC(C)C(=O)c2ccccc2)c1. The van der Waals surface area contributed by atoms with Crippen LogP contribution in [0.4, 0.5) is 0 Å². The largest absolute Gasteiger partial charge is 0.493 e. The first-order valence-electron chi connectivity index (χ1n) is 7.96. The zero-order valence-electron chi connectivity index (χ0n) is 14.2. The zero-order chi connectivity index (χ0) is 17.5. The molecule has 0 N–H and O–H groups in total. The molecule has 0 aromatic heterocycles. The van der Waals surface area contributed by atoms with Gasteiger partial charge in [0.2, 0.25) is 5.78 Å². The van der Waals surface area contributed by atoms with Crippen LogP contribution in [-0.4, -0.2) is 24.5 Å². The molecule has 0 heterocycles. The molecule has 1 unspecified atom stereocenters. The van der Waals surface area contributed by atoms with E-state index in [4.69, 9.17) is 9.47 Å². The molecule has 0 fully saturated rings. The fraction of sp³-hybridized carbons (Fsp3) is 0.300. The average molecular weight is 326 g/mol. The molecule has 0 saturated carbocycles. The third-order valence-corrected chi connectivity index (χ3v) is 3.64. The lowest BCUT2D eigenvalue weighted by molar-refractivity contribution is -0.146. The Kier molecular flexibility index (Phi) is 6.13. The number of rotatable bonds is 7. The molecular formula is C20H22O4. The molecule has 2 aromatic carbocycles. The molecule has 0 aliphatic heterocycles. The van der Waals surface area contributed by atoms with Crippen molar-refractivity contribution in [3.63, 3.8) is 0 Å². The Hall–Kier alpha value is -2.62. The van der Waals surface area contributed by atoms with Crippen LogP contribution < -0.4 is 4.74 Å². The summed E-state index contributed by atoms with van der Waals surface area (Å²) in [5.41, 5.74) is 2.64. The van der Waals surface area contributed by atoms with Gasteiger partial charge in [-0.05, 0) is 38.0 Å². The second kappa shape index (κ2) is 8.29. The molecule has 0 amide bonds. The highest BCUT2D eigenvalue weighted by Crippen LogP contribution is 2.19. The number of hydrogen-bond donors (Lipinski definition) is 0. The van der Waals surface area contributed by atoms with Crippen LogP contribution in [0.2, 0.25) is 0 Å². The summed E-state index contributed by atoms with van der Waals surface area (Å²) in [6.07, 6.45) is -0.708. The molecular weight excluding hydrogens is 304 g/mol. The van der Waals surface area contributed by atoms with Crippen molar-refractivity contribution in [1.29, 1.82) is 0 Å². The van der Waals surface area contributed by atoms with Gasteiger partial charge in [-0.3, -0.25) is 9.59 Å². The van der Waals surface area contributed by atoms with E-state index in [-0.39, 0.29) is 18.8 Å². The Morgan fingerprint density at radius 1 is 1.04 bits per heavy atom. The predicted octanol–water partition coefficient (Wildman–Crippen LogP) is 3.89. The van der Waals surface area contributed by atoms with E-state index in [0.29, 0.717) is 5.56 Å². The quantitative estimate of drug-likeness (QED) is 0.572. The molecule has 0 spiro atoms. The van der Waals surface area contributed by atoms with Gasteiger partial charge in [0, 0.05) is 5.56 Å². The van der Waals surface area contributed by atoms with Gasteiger partial charge in [0.1, 0.15) is 5.75 Å². The molecule has 4 nitrogen and oxygen atoms in total. The first-order valence-corrected chi connectivity index (χ1v) is 7.96. The zero-order valence-corrected chi connectivity index (χ0v) is 14.2. The number of esters is 1. The molecule has 2 aromatic rings. The minimum atomic E-state index is -0.805. The first-order chi connectivity index (χ1) is 11.5. The second-order valence-electron chi connectivity index (χ2n) is 5.73. The van der Waals surface area contributed by atoms with E-state index in [0.717, 1.165) is 16.9 Å².